The Morgan fingerprint density at radius 1 is 1.34 bits per heavy atom. The number of nitrogens with one attached hydrogen (secondary N) is 2. The largest absolute Gasteiger partial charge is 0.491 e. The number of aromatic amines is 1. The van der Waals surface area contributed by atoms with Crippen molar-refractivity contribution in [1.29, 1.82) is 0 Å². The number of ether oxygens (including phenoxy) is 1. The number of aliphatic hydroxyl groups excluding tert-OH is 2. The van der Waals surface area contributed by atoms with Gasteiger partial charge in [-0.05, 0) is 24.1 Å². The number of anilines is 1. The molecule has 0 radical (unpaired) electrons. The second-order valence-electron chi connectivity index (χ2n) is 6.65. The van der Waals surface area contributed by atoms with Gasteiger partial charge >= 0.3 is 5.69 Å². The number of imidazole rings is 1. The Kier molecular flexibility index (Phi) is 6.35. The molecule has 0 bridgehead atoms. The van der Waals surface area contributed by atoms with E-state index in [9.17, 15) is 14.7 Å². The highest BCUT2D eigenvalue weighted by molar-refractivity contribution is 5.74. The van der Waals surface area contributed by atoms with Crippen LogP contribution in [-0.2, 0) is 20.0 Å². The van der Waals surface area contributed by atoms with Crippen LogP contribution in [0.3, 0.4) is 0 Å². The lowest BCUT2D eigenvalue weighted by molar-refractivity contribution is 0.0938. The van der Waals surface area contributed by atoms with Crippen molar-refractivity contribution in [3.8, 4) is 5.75 Å². The summed E-state index contributed by atoms with van der Waals surface area (Å²) >= 11 is 0. The summed E-state index contributed by atoms with van der Waals surface area (Å²) < 4.78 is 8.38. The fourth-order valence-corrected chi connectivity index (χ4v) is 3.03. The summed E-state index contributed by atoms with van der Waals surface area (Å²) in [6.45, 7) is 2.13. The van der Waals surface area contributed by atoms with E-state index in [1.165, 1.54) is 16.2 Å². The smallest absolute Gasteiger partial charge is 0.329 e. The van der Waals surface area contributed by atoms with Crippen LogP contribution >= 0.6 is 0 Å². The van der Waals surface area contributed by atoms with Gasteiger partial charge in [-0.25, -0.2) is 4.79 Å². The van der Waals surface area contributed by atoms with Crippen LogP contribution in [0.1, 0.15) is 12.5 Å². The molecule has 0 spiro atoms. The maximum absolute atomic E-state index is 12.4. The highest BCUT2D eigenvalue weighted by Gasteiger charge is 2.19. The highest BCUT2D eigenvalue weighted by Crippen LogP contribution is 2.17. The Balaban J connectivity index is 1.86. The van der Waals surface area contributed by atoms with E-state index in [2.05, 4.69) is 15.3 Å². The minimum Gasteiger partial charge on any atom is -0.491 e. The lowest BCUT2D eigenvalue weighted by Crippen LogP contribution is -2.31. The van der Waals surface area contributed by atoms with Gasteiger partial charge in [0.1, 0.15) is 18.5 Å². The third-order valence-corrected chi connectivity index (χ3v) is 4.54. The van der Waals surface area contributed by atoms with Crippen molar-refractivity contribution in [3.63, 3.8) is 0 Å². The molecule has 0 aliphatic heterocycles. The molecule has 0 fully saturated rings. The van der Waals surface area contributed by atoms with Crippen LogP contribution in [0, 0.1) is 0 Å². The predicted molar refractivity (Wildman–Crippen MR) is 108 cm³/mol. The van der Waals surface area contributed by atoms with E-state index in [1.54, 1.807) is 0 Å². The molecule has 0 aliphatic carbocycles. The molecular formula is C19H25N5O5. The summed E-state index contributed by atoms with van der Waals surface area (Å²) in [5, 5.41) is 22.5. The Labute approximate surface area is 166 Å². The fraction of sp³-hybridized carbons (Fsp3) is 0.421. The van der Waals surface area contributed by atoms with Crippen LogP contribution in [0.4, 0.5) is 5.95 Å². The molecule has 1 atom stereocenters. The van der Waals surface area contributed by atoms with E-state index in [4.69, 9.17) is 9.84 Å². The molecule has 2 aromatic heterocycles. The minimum atomic E-state index is -0.941. The van der Waals surface area contributed by atoms with Gasteiger partial charge in [0, 0.05) is 13.6 Å². The lowest BCUT2D eigenvalue weighted by Gasteiger charge is -2.16. The van der Waals surface area contributed by atoms with Crippen molar-refractivity contribution in [2.24, 2.45) is 7.05 Å². The first-order valence-electron chi connectivity index (χ1n) is 9.38. The molecule has 1 aromatic carbocycles. The van der Waals surface area contributed by atoms with Crippen LogP contribution in [0.5, 0.6) is 5.75 Å². The Morgan fingerprint density at radius 2 is 2.14 bits per heavy atom. The molecule has 3 aromatic rings. The van der Waals surface area contributed by atoms with Gasteiger partial charge in [-0.3, -0.25) is 14.3 Å². The zero-order valence-electron chi connectivity index (χ0n) is 16.4. The quantitative estimate of drug-likeness (QED) is 0.390. The SMILES string of the molecule is CCc1cccc(OCC(O)Cn2c(NCCO)nc3c2c(=O)[nH]c(=O)n3C)c1. The molecule has 2 heterocycles. The average molecular weight is 403 g/mol. The van der Waals surface area contributed by atoms with E-state index in [1.807, 2.05) is 31.2 Å². The molecule has 10 heteroatoms. The molecule has 0 saturated carbocycles. The summed E-state index contributed by atoms with van der Waals surface area (Å²) in [5.41, 5.74) is 0.278. The Hall–Kier alpha value is -3.11. The van der Waals surface area contributed by atoms with Gasteiger partial charge in [0.05, 0.1) is 13.2 Å². The molecule has 1 unspecified atom stereocenters. The molecule has 0 amide bonds. The van der Waals surface area contributed by atoms with Crippen molar-refractivity contribution < 1.29 is 14.9 Å². The maximum Gasteiger partial charge on any atom is 0.329 e. The standard InChI is InChI=1S/C19H25N5O5/c1-3-12-5-4-6-14(9-12)29-11-13(26)10-24-15-16(21-18(24)20-7-8-25)23(2)19(28)22-17(15)27/h4-6,9,13,25-26H,3,7-8,10-11H2,1-2H3,(H,20,21)(H,22,27,28). The van der Waals surface area contributed by atoms with Crippen LogP contribution in [0.15, 0.2) is 33.9 Å². The first-order valence-corrected chi connectivity index (χ1v) is 9.38. The molecule has 4 N–H and O–H groups in total. The molecule has 29 heavy (non-hydrogen) atoms. The summed E-state index contributed by atoms with van der Waals surface area (Å²) in [6, 6.07) is 7.61. The van der Waals surface area contributed by atoms with Crippen LogP contribution in [0.25, 0.3) is 11.2 Å². The monoisotopic (exact) mass is 403 g/mol. The van der Waals surface area contributed by atoms with Gasteiger partial charge in [0.25, 0.3) is 5.56 Å². The van der Waals surface area contributed by atoms with Crippen LogP contribution < -0.4 is 21.3 Å². The van der Waals surface area contributed by atoms with Gasteiger partial charge in [0.2, 0.25) is 5.95 Å². The summed E-state index contributed by atoms with van der Waals surface area (Å²) in [7, 11) is 1.49. The maximum atomic E-state index is 12.4. The number of fused-ring (bicyclic) bond motifs is 1. The second-order valence-corrected chi connectivity index (χ2v) is 6.65. The van der Waals surface area contributed by atoms with Gasteiger partial charge in [-0.1, -0.05) is 19.1 Å². The van der Waals surface area contributed by atoms with Gasteiger partial charge < -0.3 is 24.8 Å². The second kappa shape index (κ2) is 8.93. The summed E-state index contributed by atoms with van der Waals surface area (Å²) in [6.07, 6.45) is -0.0636. The average Bonchev–Trinajstić information content (AvgIpc) is 3.08. The van der Waals surface area contributed by atoms with E-state index in [-0.39, 0.29) is 43.4 Å². The van der Waals surface area contributed by atoms with Crippen LogP contribution in [0.2, 0.25) is 0 Å². The van der Waals surface area contributed by atoms with Crippen molar-refractivity contribution in [2.45, 2.75) is 26.0 Å². The number of aromatic nitrogens is 4. The topological polar surface area (TPSA) is 134 Å². The summed E-state index contributed by atoms with van der Waals surface area (Å²) in [5.74, 6) is 0.922. The van der Waals surface area contributed by atoms with Gasteiger partial charge in [0.15, 0.2) is 11.2 Å². The third-order valence-electron chi connectivity index (χ3n) is 4.54. The highest BCUT2D eigenvalue weighted by atomic mass is 16.5. The number of H-pyrrole nitrogens is 1. The normalized spacial score (nSPS) is 12.3. The van der Waals surface area contributed by atoms with Crippen LogP contribution in [-0.4, -0.2) is 55.2 Å². The predicted octanol–water partition coefficient (Wildman–Crippen LogP) is -0.170. The number of rotatable bonds is 9. The zero-order chi connectivity index (χ0) is 21.0. The Morgan fingerprint density at radius 3 is 2.86 bits per heavy atom. The van der Waals surface area contributed by atoms with E-state index in [0.29, 0.717) is 5.75 Å². The fourth-order valence-electron chi connectivity index (χ4n) is 3.03. The molecule has 0 aliphatic rings. The zero-order valence-corrected chi connectivity index (χ0v) is 16.4. The molecule has 156 valence electrons. The number of hydrogen-bond acceptors (Lipinski definition) is 7. The Bertz CT molecular complexity index is 1100. The van der Waals surface area contributed by atoms with Crippen molar-refractivity contribution in [2.75, 3.05) is 25.1 Å². The third kappa shape index (κ3) is 4.49. The first-order chi connectivity index (χ1) is 13.9. The van der Waals surface area contributed by atoms with Crippen molar-refractivity contribution in [1.82, 2.24) is 19.1 Å². The van der Waals surface area contributed by atoms with E-state index < -0.39 is 17.4 Å². The number of nitrogens with zero attached hydrogens (tertiary/aromatic N) is 3. The summed E-state index contributed by atoms with van der Waals surface area (Å²) in [4.78, 5) is 30.8. The first kappa shape index (κ1) is 20.6. The van der Waals surface area contributed by atoms with Crippen molar-refractivity contribution in [3.05, 3.63) is 50.7 Å². The number of hydrogen-bond donors (Lipinski definition) is 4. The van der Waals surface area contributed by atoms with E-state index >= 15 is 0 Å². The van der Waals surface area contributed by atoms with E-state index in [0.717, 1.165) is 12.0 Å². The molecule has 0 saturated heterocycles. The number of benzene rings is 1. The number of aliphatic hydroxyl groups is 2. The number of aryl methyl sites for hydroxylation is 2. The molecular weight excluding hydrogens is 378 g/mol. The minimum absolute atomic E-state index is 0.00987. The molecule has 3 rings (SSSR count). The lowest BCUT2D eigenvalue weighted by atomic mass is 10.2. The van der Waals surface area contributed by atoms with Gasteiger partial charge in [-0.15, -0.1) is 0 Å². The van der Waals surface area contributed by atoms with Gasteiger partial charge in [-0.2, -0.15) is 4.98 Å². The van der Waals surface area contributed by atoms with Crippen molar-refractivity contribution >= 4 is 17.1 Å². The molecule has 10 nitrogen and oxygen atoms in total.